The fourth-order valence-corrected chi connectivity index (χ4v) is 4.38. The number of likely N-dealkylation sites (tertiary alicyclic amines) is 1. The number of hydrogen-bond acceptors (Lipinski definition) is 7. The maximum atomic E-state index is 12.9. The van der Waals surface area contributed by atoms with Crippen LogP contribution in [0, 0.1) is 12.8 Å². The van der Waals surface area contributed by atoms with Crippen molar-refractivity contribution in [2.45, 2.75) is 39.1 Å². The number of aliphatic hydroxyl groups excluding tert-OH is 1. The van der Waals surface area contributed by atoms with Crippen LogP contribution in [0.1, 0.15) is 42.2 Å². The average Bonchev–Trinajstić information content (AvgIpc) is 3.27. The second-order valence-electron chi connectivity index (χ2n) is 6.64. The fraction of sp³-hybridized carbons (Fsp3) is 0.556. The predicted molar refractivity (Wildman–Crippen MR) is 95.4 cm³/mol. The molecule has 3 heterocycles. The number of aliphatic hydroxyl groups is 1. The Morgan fingerprint density at radius 3 is 2.89 bits per heavy atom. The van der Waals surface area contributed by atoms with E-state index in [1.54, 1.807) is 24.0 Å². The Bertz CT molecular complexity index is 833. The Morgan fingerprint density at radius 1 is 1.50 bits per heavy atom. The van der Waals surface area contributed by atoms with Crippen LogP contribution in [0.25, 0.3) is 10.6 Å². The Labute approximate surface area is 163 Å². The summed E-state index contributed by atoms with van der Waals surface area (Å²) in [6, 6.07) is 3.26. The fourth-order valence-electron chi connectivity index (χ4n) is 3.31. The van der Waals surface area contributed by atoms with Crippen LogP contribution in [0.2, 0.25) is 0 Å². The molecule has 0 amide bonds. The van der Waals surface area contributed by atoms with E-state index in [0.29, 0.717) is 35.9 Å². The third kappa shape index (κ3) is 4.23. The van der Waals surface area contributed by atoms with Gasteiger partial charge >= 0.3 is 12.1 Å². The maximum Gasteiger partial charge on any atom is 0.452 e. The molecule has 1 aliphatic rings. The third-order valence-electron chi connectivity index (χ3n) is 4.71. The Kier molecular flexibility index (Phi) is 6.11. The number of ether oxygens (including phenoxy) is 1. The largest absolute Gasteiger partial charge is 0.466 e. The van der Waals surface area contributed by atoms with Gasteiger partial charge in [-0.25, -0.2) is 0 Å². The lowest BCUT2D eigenvalue weighted by Gasteiger charge is -2.34. The van der Waals surface area contributed by atoms with E-state index in [2.05, 4.69) is 9.68 Å². The van der Waals surface area contributed by atoms with Gasteiger partial charge in [0.1, 0.15) is 11.9 Å². The smallest absolute Gasteiger partial charge is 0.452 e. The molecule has 0 aliphatic carbocycles. The van der Waals surface area contributed by atoms with E-state index in [1.807, 2.05) is 0 Å². The lowest BCUT2D eigenvalue weighted by molar-refractivity contribution is -0.156. The van der Waals surface area contributed by atoms with Gasteiger partial charge in [-0.15, -0.1) is 11.3 Å². The molecular formula is C18H21F3N2O4S. The highest BCUT2D eigenvalue weighted by atomic mass is 32.1. The predicted octanol–water partition coefficient (Wildman–Crippen LogP) is 4.00. The summed E-state index contributed by atoms with van der Waals surface area (Å²) in [6.45, 7) is 4.35. The second-order valence-corrected chi connectivity index (χ2v) is 7.76. The summed E-state index contributed by atoms with van der Waals surface area (Å²) in [4.78, 5) is 14.8. The van der Waals surface area contributed by atoms with Gasteiger partial charge in [0.2, 0.25) is 5.76 Å². The number of piperidine rings is 1. The number of halogens is 3. The lowest BCUT2D eigenvalue weighted by atomic mass is 9.98. The van der Waals surface area contributed by atoms with Gasteiger partial charge < -0.3 is 14.4 Å². The van der Waals surface area contributed by atoms with Gasteiger partial charge in [0.15, 0.2) is 0 Å². The van der Waals surface area contributed by atoms with Crippen LogP contribution in [0.5, 0.6) is 0 Å². The molecule has 1 unspecified atom stereocenters. The van der Waals surface area contributed by atoms with E-state index in [1.165, 1.54) is 6.92 Å². The van der Waals surface area contributed by atoms with Crippen molar-refractivity contribution >= 4 is 17.3 Å². The molecule has 10 heteroatoms. The van der Waals surface area contributed by atoms with Crippen LogP contribution in [-0.4, -0.2) is 40.8 Å². The number of alkyl halides is 3. The Balaban J connectivity index is 1.75. The molecule has 1 saturated heterocycles. The number of thiophene rings is 1. The minimum absolute atomic E-state index is 0.0873. The molecule has 0 bridgehead atoms. The monoisotopic (exact) mass is 418 g/mol. The Hall–Kier alpha value is -1.91. The van der Waals surface area contributed by atoms with Crippen molar-refractivity contribution in [1.82, 2.24) is 10.1 Å². The van der Waals surface area contributed by atoms with Gasteiger partial charge in [0, 0.05) is 23.5 Å². The van der Waals surface area contributed by atoms with Gasteiger partial charge in [-0.05, 0) is 38.8 Å². The highest BCUT2D eigenvalue weighted by Crippen LogP contribution is 2.39. The van der Waals surface area contributed by atoms with E-state index in [0.717, 1.165) is 17.8 Å². The molecule has 1 fully saturated rings. The number of hydrogen-bond donors (Lipinski definition) is 1. The highest BCUT2D eigenvalue weighted by molar-refractivity contribution is 7.15. The zero-order valence-corrected chi connectivity index (χ0v) is 16.3. The number of rotatable bonds is 5. The minimum atomic E-state index is -4.61. The normalized spacial score (nSPS) is 19.6. The zero-order chi connectivity index (χ0) is 20.5. The molecule has 0 spiro atoms. The third-order valence-corrected chi connectivity index (χ3v) is 5.85. The summed E-state index contributed by atoms with van der Waals surface area (Å²) in [7, 11) is 0. The lowest BCUT2D eigenvalue weighted by Crippen LogP contribution is -2.41. The molecule has 0 aromatic carbocycles. The summed E-state index contributed by atoms with van der Waals surface area (Å²) < 4.78 is 48.2. The topological polar surface area (TPSA) is 75.8 Å². The van der Waals surface area contributed by atoms with Gasteiger partial charge in [0.25, 0.3) is 0 Å². The molecule has 0 radical (unpaired) electrons. The van der Waals surface area contributed by atoms with Crippen molar-refractivity contribution in [2.24, 2.45) is 5.92 Å². The number of esters is 1. The molecule has 2 atom stereocenters. The molecular weight excluding hydrogens is 397 g/mol. The SMILES string of the molecule is CCOC(=O)[C@H]1CCCN(C(O)c2ccc(-c3noc(C(F)(F)F)c3C)s2)C1. The molecule has 28 heavy (non-hydrogen) atoms. The van der Waals surface area contributed by atoms with E-state index >= 15 is 0 Å². The van der Waals surface area contributed by atoms with Gasteiger partial charge in [-0.1, -0.05) is 5.16 Å². The van der Waals surface area contributed by atoms with Crippen molar-refractivity contribution in [3.63, 3.8) is 0 Å². The summed E-state index contributed by atoms with van der Waals surface area (Å²) >= 11 is 1.15. The van der Waals surface area contributed by atoms with Crippen molar-refractivity contribution in [3.05, 3.63) is 28.3 Å². The van der Waals surface area contributed by atoms with Crippen molar-refractivity contribution in [2.75, 3.05) is 19.7 Å². The van der Waals surface area contributed by atoms with Gasteiger partial charge in [-0.3, -0.25) is 9.69 Å². The van der Waals surface area contributed by atoms with E-state index in [4.69, 9.17) is 4.74 Å². The van der Waals surface area contributed by atoms with Crippen molar-refractivity contribution in [1.29, 1.82) is 0 Å². The Morgan fingerprint density at radius 2 is 2.25 bits per heavy atom. The number of aromatic nitrogens is 1. The van der Waals surface area contributed by atoms with E-state index in [-0.39, 0.29) is 23.1 Å². The standard InChI is InChI=1S/C18H21F3N2O4S/c1-3-26-17(25)11-5-4-8-23(9-11)16(24)13-7-6-12(28-13)14-10(2)15(27-22-14)18(19,20)21/h6-7,11,16,24H,3-5,8-9H2,1-2H3/t11-,16?/m0/s1. The highest BCUT2D eigenvalue weighted by Gasteiger charge is 2.39. The summed E-state index contributed by atoms with van der Waals surface area (Å²) in [5, 5.41) is 14.3. The first-order valence-electron chi connectivity index (χ1n) is 8.94. The maximum absolute atomic E-state index is 12.9. The minimum Gasteiger partial charge on any atom is -0.466 e. The summed E-state index contributed by atoms with van der Waals surface area (Å²) in [5.74, 6) is -1.69. The quantitative estimate of drug-likeness (QED) is 0.740. The van der Waals surface area contributed by atoms with Gasteiger partial charge in [0.05, 0.1) is 17.4 Å². The molecule has 2 aromatic heterocycles. The van der Waals surface area contributed by atoms with Crippen LogP contribution in [-0.2, 0) is 15.7 Å². The zero-order valence-electron chi connectivity index (χ0n) is 15.5. The average molecular weight is 418 g/mol. The van der Waals surface area contributed by atoms with Crippen LogP contribution in [0.3, 0.4) is 0 Å². The van der Waals surface area contributed by atoms with Crippen LogP contribution in [0.4, 0.5) is 13.2 Å². The number of nitrogens with zero attached hydrogens (tertiary/aromatic N) is 2. The number of carbonyl (C=O) groups excluding carboxylic acids is 1. The van der Waals surface area contributed by atoms with Crippen LogP contribution < -0.4 is 0 Å². The van der Waals surface area contributed by atoms with Crippen LogP contribution in [0.15, 0.2) is 16.7 Å². The summed E-state index contributed by atoms with van der Waals surface area (Å²) in [6.07, 6.45) is -4.11. The second kappa shape index (κ2) is 8.22. The molecule has 154 valence electrons. The van der Waals surface area contributed by atoms with E-state index < -0.39 is 18.2 Å². The molecule has 1 aliphatic heterocycles. The first-order chi connectivity index (χ1) is 13.2. The molecule has 3 rings (SSSR count). The molecule has 6 nitrogen and oxygen atoms in total. The summed E-state index contributed by atoms with van der Waals surface area (Å²) in [5.41, 5.74) is 0.0227. The molecule has 1 N–H and O–H groups in total. The number of carbonyl (C=O) groups is 1. The van der Waals surface area contributed by atoms with Crippen molar-refractivity contribution < 1.29 is 32.3 Å². The molecule has 0 saturated carbocycles. The van der Waals surface area contributed by atoms with E-state index in [9.17, 15) is 23.1 Å². The van der Waals surface area contributed by atoms with Gasteiger partial charge in [-0.2, -0.15) is 13.2 Å². The van der Waals surface area contributed by atoms with Crippen molar-refractivity contribution in [3.8, 4) is 10.6 Å². The molecule has 2 aromatic rings. The van der Waals surface area contributed by atoms with Crippen LogP contribution >= 0.6 is 11.3 Å². The first-order valence-corrected chi connectivity index (χ1v) is 9.76. The first kappa shape index (κ1) is 20.8.